The Bertz CT molecular complexity index is 1710. The molecule has 2 saturated carbocycles. The summed E-state index contributed by atoms with van der Waals surface area (Å²) in [6, 6.07) is 4.92. The van der Waals surface area contributed by atoms with Gasteiger partial charge >= 0.3 is 5.97 Å². The van der Waals surface area contributed by atoms with E-state index in [0.717, 1.165) is 25.0 Å². The Hall–Kier alpha value is -4.06. The Morgan fingerprint density at radius 1 is 1.17 bits per heavy atom. The van der Waals surface area contributed by atoms with Gasteiger partial charge in [0.1, 0.15) is 33.6 Å². The van der Waals surface area contributed by atoms with Crippen LogP contribution in [-0.4, -0.2) is 70.1 Å². The van der Waals surface area contributed by atoms with E-state index in [1.807, 2.05) is 31.4 Å². The fraction of sp³-hybridized carbons (Fsp3) is 0.500. The molecule has 0 spiro atoms. The Kier molecular flexibility index (Phi) is 8.75. The van der Waals surface area contributed by atoms with Crippen molar-refractivity contribution >= 4 is 40.0 Å². The average molecular weight is 651 g/mol. The molecule has 10 nitrogen and oxygen atoms in total. The molecule has 1 aliphatic heterocycles. The molecule has 1 aromatic carbocycles. The van der Waals surface area contributed by atoms with Gasteiger partial charge in [-0.25, -0.2) is 19.2 Å². The number of nitrogens with zero attached hydrogens (tertiary/aromatic N) is 3. The number of hydrogen-bond acceptors (Lipinski definition) is 8. The summed E-state index contributed by atoms with van der Waals surface area (Å²) in [7, 11) is 3.12. The van der Waals surface area contributed by atoms with Crippen LogP contribution in [0.25, 0.3) is 21.6 Å². The van der Waals surface area contributed by atoms with Gasteiger partial charge in [-0.05, 0) is 56.6 Å². The number of allylic oxidation sites excluding steroid dienone is 1. The lowest BCUT2D eigenvalue weighted by Crippen LogP contribution is -2.49. The van der Waals surface area contributed by atoms with Gasteiger partial charge in [-0.2, -0.15) is 0 Å². The number of halogens is 1. The molecule has 2 fully saturated rings. The minimum absolute atomic E-state index is 0.0425. The maximum absolute atomic E-state index is 15.6. The fourth-order valence-corrected chi connectivity index (χ4v) is 7.55. The molecule has 0 bridgehead atoms. The summed E-state index contributed by atoms with van der Waals surface area (Å²) < 4.78 is 27.4. The number of methoxy groups -OCH3 is 1. The molecule has 0 saturated heterocycles. The molecule has 2 aromatic heterocycles. The van der Waals surface area contributed by atoms with Crippen LogP contribution in [0.4, 0.5) is 4.39 Å². The summed E-state index contributed by atoms with van der Waals surface area (Å²) in [5.41, 5.74) is 0.0295. The second-order valence-electron chi connectivity index (χ2n) is 12.9. The van der Waals surface area contributed by atoms with Gasteiger partial charge in [0.25, 0.3) is 0 Å². The standard InChI is InChI=1S/C34H39FN4O6S/c1-18(2)25-17-46-31(37-25)24-15-27(21-10-11-26(44-4)28(35)29(21)36-24)45-20-13-22-23(14-20)32(41)39(3)12-8-6-5-7-9-19-16-34(19,33(42)43)38-30(22)40/h7,9-11,15,17-20,22-23H,5-6,8,12-14,16H2,1-4H3,(H,38,40)(H,42,43). The number of thiazole rings is 1. The Balaban J connectivity index is 1.35. The molecule has 2 amide bonds. The molecule has 46 heavy (non-hydrogen) atoms. The zero-order valence-corrected chi connectivity index (χ0v) is 27.2. The van der Waals surface area contributed by atoms with Crippen LogP contribution >= 0.6 is 11.3 Å². The van der Waals surface area contributed by atoms with Crippen molar-refractivity contribution in [1.82, 2.24) is 20.2 Å². The molecule has 3 heterocycles. The predicted octanol–water partition coefficient (Wildman–Crippen LogP) is 5.56. The number of benzene rings is 1. The molecule has 2 N–H and O–H groups in total. The van der Waals surface area contributed by atoms with Gasteiger partial charge < -0.3 is 24.8 Å². The van der Waals surface area contributed by atoms with Crippen molar-refractivity contribution in [3.05, 3.63) is 47.2 Å². The molecule has 244 valence electrons. The lowest BCUT2D eigenvalue weighted by Gasteiger charge is -2.26. The van der Waals surface area contributed by atoms with Crippen molar-refractivity contribution in [3.8, 4) is 22.2 Å². The van der Waals surface area contributed by atoms with Gasteiger partial charge in [0.05, 0.1) is 24.6 Å². The van der Waals surface area contributed by atoms with E-state index in [9.17, 15) is 19.5 Å². The fourth-order valence-electron chi connectivity index (χ4n) is 6.61. The Morgan fingerprint density at radius 2 is 1.96 bits per heavy atom. The van der Waals surface area contributed by atoms with Crippen LogP contribution in [0.3, 0.4) is 0 Å². The number of aromatic nitrogens is 2. The van der Waals surface area contributed by atoms with Crippen molar-refractivity contribution in [2.24, 2.45) is 17.8 Å². The molecule has 12 heteroatoms. The highest BCUT2D eigenvalue weighted by molar-refractivity contribution is 7.13. The predicted molar refractivity (Wildman–Crippen MR) is 171 cm³/mol. The van der Waals surface area contributed by atoms with E-state index < -0.39 is 41.2 Å². The second kappa shape index (κ2) is 12.6. The van der Waals surface area contributed by atoms with Crippen molar-refractivity contribution in [2.45, 2.75) is 69.9 Å². The molecule has 0 radical (unpaired) electrons. The van der Waals surface area contributed by atoms with Gasteiger partial charge in [0.15, 0.2) is 11.6 Å². The lowest BCUT2D eigenvalue weighted by molar-refractivity contribution is -0.145. The number of amides is 2. The highest BCUT2D eigenvalue weighted by atomic mass is 32.1. The molecule has 2 aliphatic carbocycles. The van der Waals surface area contributed by atoms with E-state index in [2.05, 4.69) is 10.3 Å². The summed E-state index contributed by atoms with van der Waals surface area (Å²) in [6.45, 7) is 4.64. The van der Waals surface area contributed by atoms with Crippen LogP contribution in [0.5, 0.6) is 11.5 Å². The minimum Gasteiger partial charge on any atom is -0.494 e. The summed E-state index contributed by atoms with van der Waals surface area (Å²) in [6.07, 6.45) is 6.47. The van der Waals surface area contributed by atoms with Crippen LogP contribution in [0.2, 0.25) is 0 Å². The zero-order chi connectivity index (χ0) is 32.7. The molecule has 5 atom stereocenters. The molecule has 3 aliphatic rings. The van der Waals surface area contributed by atoms with Gasteiger partial charge in [-0.15, -0.1) is 11.3 Å². The highest BCUT2D eigenvalue weighted by Crippen LogP contribution is 2.47. The third-order valence-corrected chi connectivity index (χ3v) is 10.4. The van der Waals surface area contributed by atoms with Crippen LogP contribution in [0.15, 0.2) is 35.7 Å². The minimum atomic E-state index is -1.37. The number of hydrogen-bond donors (Lipinski definition) is 2. The van der Waals surface area contributed by atoms with Crippen LogP contribution in [0.1, 0.15) is 64.0 Å². The summed E-state index contributed by atoms with van der Waals surface area (Å²) >= 11 is 1.41. The number of carboxylic acids is 1. The van der Waals surface area contributed by atoms with Crippen LogP contribution in [-0.2, 0) is 14.4 Å². The number of carboxylic acid groups (broad SMARTS) is 1. The van der Waals surface area contributed by atoms with E-state index in [0.29, 0.717) is 34.8 Å². The van der Waals surface area contributed by atoms with E-state index in [4.69, 9.17) is 14.5 Å². The van der Waals surface area contributed by atoms with Crippen molar-refractivity contribution in [1.29, 1.82) is 0 Å². The van der Waals surface area contributed by atoms with Gasteiger partial charge in [-0.1, -0.05) is 26.0 Å². The molecular weight excluding hydrogens is 611 g/mol. The highest BCUT2D eigenvalue weighted by Gasteiger charge is 2.61. The normalized spacial score (nSPS) is 26.8. The maximum Gasteiger partial charge on any atom is 0.330 e. The smallest absolute Gasteiger partial charge is 0.330 e. The third-order valence-electron chi connectivity index (χ3n) is 9.47. The first-order valence-electron chi connectivity index (χ1n) is 15.8. The van der Waals surface area contributed by atoms with E-state index in [1.165, 1.54) is 24.5 Å². The largest absolute Gasteiger partial charge is 0.494 e. The number of rotatable bonds is 6. The molecule has 3 aromatic rings. The van der Waals surface area contributed by atoms with Crippen LogP contribution < -0.4 is 14.8 Å². The van der Waals surface area contributed by atoms with Crippen molar-refractivity contribution < 1.29 is 33.4 Å². The Morgan fingerprint density at radius 3 is 2.67 bits per heavy atom. The summed E-state index contributed by atoms with van der Waals surface area (Å²) in [4.78, 5) is 50.8. The number of nitrogens with one attached hydrogen (secondary N) is 1. The van der Waals surface area contributed by atoms with Gasteiger partial charge in [0, 0.05) is 36.3 Å². The quantitative estimate of drug-likeness (QED) is 0.332. The number of carbonyl (C=O) groups excluding carboxylic acids is 2. The number of ether oxygens (including phenoxy) is 2. The maximum atomic E-state index is 15.6. The first kappa shape index (κ1) is 31.9. The summed E-state index contributed by atoms with van der Waals surface area (Å²) in [5, 5.41) is 15.8. The number of fused-ring (bicyclic) bond motifs is 3. The number of pyridine rings is 1. The number of carbonyl (C=O) groups is 3. The van der Waals surface area contributed by atoms with E-state index in [1.54, 1.807) is 24.1 Å². The molecular formula is C34H39FN4O6S. The van der Waals surface area contributed by atoms with Crippen molar-refractivity contribution in [3.63, 3.8) is 0 Å². The first-order valence-corrected chi connectivity index (χ1v) is 16.7. The molecule has 5 unspecified atom stereocenters. The van der Waals surface area contributed by atoms with E-state index in [-0.39, 0.29) is 41.9 Å². The zero-order valence-electron chi connectivity index (χ0n) is 26.4. The topological polar surface area (TPSA) is 131 Å². The first-order chi connectivity index (χ1) is 22.0. The SMILES string of the molecule is COc1ccc2c(OC3CC4C(=O)NC5(C(=O)O)CC5C=CCCCCN(C)C(=O)C4C3)cc(-c3nc(C(C)C)cs3)nc2c1F. The third kappa shape index (κ3) is 5.94. The second-order valence-corrected chi connectivity index (χ2v) is 13.8. The number of aliphatic carboxylic acids is 1. The summed E-state index contributed by atoms with van der Waals surface area (Å²) in [5.74, 6) is -3.53. The van der Waals surface area contributed by atoms with E-state index >= 15 is 4.39 Å². The average Bonchev–Trinajstić information content (AvgIpc) is 3.33. The molecule has 6 rings (SSSR count). The van der Waals surface area contributed by atoms with Gasteiger partial charge in [-0.3, -0.25) is 9.59 Å². The van der Waals surface area contributed by atoms with Crippen LogP contribution in [0, 0.1) is 23.6 Å². The van der Waals surface area contributed by atoms with Crippen molar-refractivity contribution in [2.75, 3.05) is 20.7 Å². The lowest BCUT2D eigenvalue weighted by atomic mass is 9.93. The Labute approximate surface area is 271 Å². The monoisotopic (exact) mass is 650 g/mol. The van der Waals surface area contributed by atoms with Gasteiger partial charge in [0.2, 0.25) is 11.8 Å².